The molecule has 1 unspecified atom stereocenters. The number of hydrogen-bond donors (Lipinski definition) is 1. The van der Waals surface area contributed by atoms with E-state index in [2.05, 4.69) is 21.2 Å². The summed E-state index contributed by atoms with van der Waals surface area (Å²) >= 11 is 3.07. The first-order chi connectivity index (χ1) is 9.50. The smallest absolute Gasteiger partial charge is 0.144 e. The van der Waals surface area contributed by atoms with Crippen LogP contribution in [0, 0.1) is 18.6 Å². The van der Waals surface area contributed by atoms with Gasteiger partial charge < -0.3 is 5.32 Å². The van der Waals surface area contributed by atoms with Gasteiger partial charge in [-0.3, -0.25) is 0 Å². The van der Waals surface area contributed by atoms with Gasteiger partial charge in [-0.1, -0.05) is 24.3 Å². The first-order valence-corrected chi connectivity index (χ1v) is 7.21. The maximum absolute atomic E-state index is 13.9. The highest BCUT2D eigenvalue weighted by atomic mass is 79.9. The molecule has 2 aromatic rings. The maximum atomic E-state index is 13.9. The predicted molar refractivity (Wildman–Crippen MR) is 80.5 cm³/mol. The molecule has 0 bridgehead atoms. The fourth-order valence-electron chi connectivity index (χ4n) is 2.17. The van der Waals surface area contributed by atoms with Crippen LogP contribution in [0.5, 0.6) is 0 Å². The number of rotatable bonds is 4. The van der Waals surface area contributed by atoms with E-state index in [4.69, 9.17) is 0 Å². The molecule has 0 aromatic heterocycles. The topological polar surface area (TPSA) is 12.0 Å². The van der Waals surface area contributed by atoms with Crippen molar-refractivity contribution in [1.29, 1.82) is 0 Å². The summed E-state index contributed by atoms with van der Waals surface area (Å²) in [6, 6.07) is 10.6. The van der Waals surface area contributed by atoms with Crippen molar-refractivity contribution in [2.75, 3.05) is 0 Å². The van der Waals surface area contributed by atoms with Crippen molar-refractivity contribution in [3.05, 3.63) is 69.2 Å². The van der Waals surface area contributed by atoms with Gasteiger partial charge in [-0.2, -0.15) is 0 Å². The largest absolute Gasteiger partial charge is 0.306 e. The summed E-state index contributed by atoms with van der Waals surface area (Å²) in [5.74, 6) is -1.08. The van der Waals surface area contributed by atoms with Gasteiger partial charge in [-0.05, 0) is 53.0 Å². The second-order valence-corrected chi connectivity index (χ2v) is 5.64. The Morgan fingerprint density at radius 2 is 1.85 bits per heavy atom. The zero-order valence-electron chi connectivity index (χ0n) is 11.4. The lowest BCUT2D eigenvalue weighted by Gasteiger charge is -2.17. The summed E-state index contributed by atoms with van der Waals surface area (Å²) in [6.45, 7) is 4.15. The molecule has 0 aliphatic heterocycles. The van der Waals surface area contributed by atoms with Gasteiger partial charge in [-0.25, -0.2) is 8.78 Å². The van der Waals surface area contributed by atoms with E-state index in [1.807, 2.05) is 38.1 Å². The third-order valence-electron chi connectivity index (χ3n) is 3.38. The zero-order chi connectivity index (χ0) is 14.7. The van der Waals surface area contributed by atoms with Crippen LogP contribution in [0.25, 0.3) is 0 Å². The fraction of sp³-hybridized carbons (Fsp3) is 0.250. The molecule has 2 aromatic carbocycles. The summed E-state index contributed by atoms with van der Waals surface area (Å²) in [5, 5.41) is 3.16. The van der Waals surface area contributed by atoms with Crippen LogP contribution in [0.3, 0.4) is 0 Å². The Bertz CT molecular complexity index is 613. The number of nitrogens with one attached hydrogen (secondary N) is 1. The molecule has 1 nitrogen and oxygen atoms in total. The Labute approximate surface area is 126 Å². The van der Waals surface area contributed by atoms with Gasteiger partial charge in [0, 0.05) is 18.2 Å². The minimum Gasteiger partial charge on any atom is -0.306 e. The molecular weight excluding hydrogens is 324 g/mol. The zero-order valence-corrected chi connectivity index (χ0v) is 13.0. The normalized spacial score (nSPS) is 12.4. The first-order valence-electron chi connectivity index (χ1n) is 6.42. The predicted octanol–water partition coefficient (Wildman–Crippen LogP) is 4.89. The Morgan fingerprint density at radius 3 is 2.55 bits per heavy atom. The third kappa shape index (κ3) is 3.25. The summed E-state index contributed by atoms with van der Waals surface area (Å²) < 4.78 is 27.8. The Morgan fingerprint density at radius 1 is 1.15 bits per heavy atom. The highest BCUT2D eigenvalue weighted by Gasteiger charge is 2.14. The van der Waals surface area contributed by atoms with Crippen LogP contribution in [0.2, 0.25) is 0 Å². The molecule has 0 aliphatic carbocycles. The summed E-state index contributed by atoms with van der Waals surface area (Å²) in [7, 11) is 0. The van der Waals surface area contributed by atoms with Crippen molar-refractivity contribution in [2.24, 2.45) is 0 Å². The van der Waals surface area contributed by atoms with Gasteiger partial charge in [0.2, 0.25) is 0 Å². The number of benzene rings is 2. The molecule has 1 atom stereocenters. The Kier molecular flexibility index (Phi) is 4.89. The van der Waals surface area contributed by atoms with E-state index in [1.54, 1.807) is 0 Å². The van der Waals surface area contributed by atoms with Gasteiger partial charge in [-0.15, -0.1) is 0 Å². The molecule has 0 amide bonds. The second kappa shape index (κ2) is 6.46. The van der Waals surface area contributed by atoms with E-state index in [-0.39, 0.29) is 22.6 Å². The molecule has 20 heavy (non-hydrogen) atoms. The van der Waals surface area contributed by atoms with Gasteiger partial charge in [0.1, 0.15) is 11.6 Å². The molecular formula is C16H16BrF2N. The summed E-state index contributed by atoms with van der Waals surface area (Å²) in [5.41, 5.74) is 2.34. The van der Waals surface area contributed by atoms with E-state index in [0.717, 1.165) is 11.1 Å². The maximum Gasteiger partial charge on any atom is 0.144 e. The van der Waals surface area contributed by atoms with Crippen LogP contribution >= 0.6 is 15.9 Å². The second-order valence-electron chi connectivity index (χ2n) is 4.78. The number of halogens is 3. The summed E-state index contributed by atoms with van der Waals surface area (Å²) in [4.78, 5) is 0. The Hall–Kier alpha value is -1.26. The lowest BCUT2D eigenvalue weighted by Crippen LogP contribution is -2.20. The molecule has 1 N–H and O–H groups in total. The van der Waals surface area contributed by atoms with Crippen LogP contribution in [0.15, 0.2) is 40.9 Å². The van der Waals surface area contributed by atoms with Crippen LogP contribution in [0.1, 0.15) is 29.7 Å². The molecule has 0 saturated carbocycles. The van der Waals surface area contributed by atoms with E-state index >= 15 is 0 Å². The minimum atomic E-state index is -0.547. The van der Waals surface area contributed by atoms with Crippen molar-refractivity contribution in [1.82, 2.24) is 5.32 Å². The highest BCUT2D eigenvalue weighted by molar-refractivity contribution is 9.10. The molecule has 0 saturated heterocycles. The van der Waals surface area contributed by atoms with Gasteiger partial charge in [0.15, 0.2) is 0 Å². The molecule has 2 rings (SSSR count). The lowest BCUT2D eigenvalue weighted by molar-refractivity contribution is 0.506. The lowest BCUT2D eigenvalue weighted by atomic mass is 10.0. The fourth-order valence-corrected chi connectivity index (χ4v) is 2.54. The van der Waals surface area contributed by atoms with Crippen LogP contribution < -0.4 is 5.32 Å². The Balaban J connectivity index is 2.14. The van der Waals surface area contributed by atoms with Crippen molar-refractivity contribution in [3.63, 3.8) is 0 Å². The van der Waals surface area contributed by atoms with E-state index in [9.17, 15) is 8.78 Å². The molecule has 0 spiro atoms. The quantitative estimate of drug-likeness (QED) is 0.782. The molecule has 4 heteroatoms. The molecule has 0 fully saturated rings. The van der Waals surface area contributed by atoms with Gasteiger partial charge in [0.05, 0.1) is 4.47 Å². The van der Waals surface area contributed by atoms with Crippen LogP contribution in [-0.2, 0) is 6.54 Å². The average molecular weight is 340 g/mol. The molecule has 0 heterocycles. The molecule has 106 valence electrons. The summed E-state index contributed by atoms with van der Waals surface area (Å²) in [6.07, 6.45) is 0. The number of aryl methyl sites for hydroxylation is 1. The SMILES string of the molecule is Cc1ccccc1C(C)NCc1c(F)ccc(Br)c1F. The van der Waals surface area contributed by atoms with Crippen LogP contribution in [-0.4, -0.2) is 0 Å². The molecule has 0 radical (unpaired) electrons. The van der Waals surface area contributed by atoms with Crippen molar-refractivity contribution in [2.45, 2.75) is 26.4 Å². The molecule has 0 aliphatic rings. The van der Waals surface area contributed by atoms with Crippen LogP contribution in [0.4, 0.5) is 8.78 Å². The first kappa shape index (κ1) is 15.1. The van der Waals surface area contributed by atoms with E-state index < -0.39 is 11.6 Å². The van der Waals surface area contributed by atoms with E-state index in [1.165, 1.54) is 12.1 Å². The minimum absolute atomic E-state index is 0.0222. The standard InChI is InChI=1S/C16H16BrF2N/c1-10-5-3-4-6-12(10)11(2)20-9-13-15(18)8-7-14(17)16(13)19/h3-8,11,20H,9H2,1-2H3. The monoisotopic (exact) mass is 339 g/mol. The van der Waals surface area contributed by atoms with E-state index in [0.29, 0.717) is 0 Å². The van der Waals surface area contributed by atoms with Gasteiger partial charge >= 0.3 is 0 Å². The number of hydrogen-bond acceptors (Lipinski definition) is 1. The van der Waals surface area contributed by atoms with Crippen molar-refractivity contribution >= 4 is 15.9 Å². The van der Waals surface area contributed by atoms with Crippen molar-refractivity contribution < 1.29 is 8.78 Å². The highest BCUT2D eigenvalue weighted by Crippen LogP contribution is 2.23. The van der Waals surface area contributed by atoms with Gasteiger partial charge in [0.25, 0.3) is 0 Å². The third-order valence-corrected chi connectivity index (χ3v) is 3.99. The van der Waals surface area contributed by atoms with Crippen molar-refractivity contribution in [3.8, 4) is 0 Å². The average Bonchev–Trinajstić information content (AvgIpc) is 2.43.